The number of benzene rings is 2. The van der Waals surface area contributed by atoms with Gasteiger partial charge in [-0.15, -0.1) is 0 Å². The van der Waals surface area contributed by atoms with Crippen LogP contribution in [0.4, 0.5) is 4.79 Å². The molecule has 0 N–H and O–H groups in total. The van der Waals surface area contributed by atoms with Crippen molar-refractivity contribution >= 4 is 12.1 Å². The molecule has 0 radical (unpaired) electrons. The van der Waals surface area contributed by atoms with Crippen molar-refractivity contribution in [2.24, 2.45) is 11.8 Å². The Hall–Kier alpha value is -3.02. The molecule has 2 aromatic rings. The molecule has 35 heavy (non-hydrogen) atoms. The molecule has 0 saturated carbocycles. The van der Waals surface area contributed by atoms with Crippen molar-refractivity contribution in [3.8, 4) is 5.75 Å². The molecule has 1 aliphatic heterocycles. The second-order valence-corrected chi connectivity index (χ2v) is 10.2. The Bertz CT molecular complexity index is 953. The summed E-state index contributed by atoms with van der Waals surface area (Å²) in [6, 6.07) is 17.9. The molecule has 6 nitrogen and oxygen atoms in total. The predicted octanol–water partition coefficient (Wildman–Crippen LogP) is 6.02. The summed E-state index contributed by atoms with van der Waals surface area (Å²) >= 11 is 0. The van der Waals surface area contributed by atoms with Gasteiger partial charge in [0, 0.05) is 13.1 Å². The minimum Gasteiger partial charge on any atom is -0.489 e. The lowest BCUT2D eigenvalue weighted by Crippen LogP contribution is -2.37. The lowest BCUT2D eigenvalue weighted by molar-refractivity contribution is -0.150. The fourth-order valence-corrected chi connectivity index (χ4v) is 4.23. The summed E-state index contributed by atoms with van der Waals surface area (Å²) in [5.41, 5.74) is 1.57. The highest BCUT2D eigenvalue weighted by Gasteiger charge is 2.38. The third kappa shape index (κ3) is 8.61. The fourth-order valence-electron chi connectivity index (χ4n) is 4.23. The van der Waals surface area contributed by atoms with Crippen LogP contribution in [-0.2, 0) is 27.3 Å². The van der Waals surface area contributed by atoms with E-state index in [1.807, 2.05) is 75.4 Å². The van der Waals surface area contributed by atoms with E-state index in [0.29, 0.717) is 32.7 Å². The molecule has 0 aromatic heterocycles. The normalized spacial score (nSPS) is 16.6. The summed E-state index contributed by atoms with van der Waals surface area (Å²) in [6.07, 6.45) is 2.77. The van der Waals surface area contributed by atoms with Crippen LogP contribution < -0.4 is 4.74 Å². The standard InChI is InChI=1S/C29H39NO5/c1-5-6-17-33-27(31)26(24-15-16-30(20-24)28(32)35-29(2,3)4)19-23-13-10-14-25(18-23)34-21-22-11-8-7-9-12-22/h7-14,18,24,26H,5-6,15-17,19-21H2,1-4H3/t24-,26-/m0/s1. The first kappa shape index (κ1) is 26.6. The summed E-state index contributed by atoms with van der Waals surface area (Å²) in [5, 5.41) is 0. The topological polar surface area (TPSA) is 65.1 Å². The van der Waals surface area contributed by atoms with Crippen LogP contribution in [0, 0.1) is 11.8 Å². The number of unbranched alkanes of at least 4 members (excludes halogenated alkanes) is 1. The van der Waals surface area contributed by atoms with Crippen LogP contribution >= 0.6 is 0 Å². The highest BCUT2D eigenvalue weighted by molar-refractivity contribution is 5.74. The van der Waals surface area contributed by atoms with E-state index < -0.39 is 5.60 Å². The summed E-state index contributed by atoms with van der Waals surface area (Å²) < 4.78 is 17.2. The van der Waals surface area contributed by atoms with Crippen LogP contribution in [-0.4, -0.2) is 42.3 Å². The number of hydrogen-bond acceptors (Lipinski definition) is 5. The molecule has 1 amide bonds. The number of nitrogens with zero attached hydrogens (tertiary/aromatic N) is 1. The van der Waals surface area contributed by atoms with Gasteiger partial charge in [-0.05, 0) is 69.2 Å². The quantitative estimate of drug-likeness (QED) is 0.306. The molecule has 0 bridgehead atoms. The third-order valence-corrected chi connectivity index (χ3v) is 6.09. The molecular weight excluding hydrogens is 442 g/mol. The van der Waals surface area contributed by atoms with Gasteiger partial charge >= 0.3 is 12.1 Å². The van der Waals surface area contributed by atoms with E-state index in [1.54, 1.807) is 4.90 Å². The molecule has 1 saturated heterocycles. The highest BCUT2D eigenvalue weighted by Crippen LogP contribution is 2.30. The zero-order valence-electron chi connectivity index (χ0n) is 21.5. The lowest BCUT2D eigenvalue weighted by atomic mass is 9.86. The molecule has 2 atom stereocenters. The lowest BCUT2D eigenvalue weighted by Gasteiger charge is -2.26. The van der Waals surface area contributed by atoms with Crippen molar-refractivity contribution in [1.82, 2.24) is 4.90 Å². The predicted molar refractivity (Wildman–Crippen MR) is 136 cm³/mol. The Labute approximate surface area is 209 Å². The molecule has 6 heteroatoms. The van der Waals surface area contributed by atoms with Crippen molar-refractivity contribution in [1.29, 1.82) is 0 Å². The molecule has 1 aliphatic rings. The van der Waals surface area contributed by atoms with Crippen LogP contribution in [0.25, 0.3) is 0 Å². The van der Waals surface area contributed by atoms with Gasteiger partial charge in [0.05, 0.1) is 12.5 Å². The van der Waals surface area contributed by atoms with E-state index in [9.17, 15) is 9.59 Å². The first-order valence-electron chi connectivity index (χ1n) is 12.7. The fraction of sp³-hybridized carbons (Fsp3) is 0.517. The minimum atomic E-state index is -0.548. The maximum Gasteiger partial charge on any atom is 0.410 e. The summed E-state index contributed by atoms with van der Waals surface area (Å²) in [5.74, 6) is 0.269. The van der Waals surface area contributed by atoms with Gasteiger partial charge in [-0.1, -0.05) is 55.8 Å². The maximum absolute atomic E-state index is 13.1. The Kier molecular flexibility index (Phi) is 9.58. The summed E-state index contributed by atoms with van der Waals surface area (Å²) in [6.45, 7) is 9.64. The van der Waals surface area contributed by atoms with E-state index in [1.165, 1.54) is 0 Å². The van der Waals surface area contributed by atoms with Crippen molar-refractivity contribution in [2.75, 3.05) is 19.7 Å². The van der Waals surface area contributed by atoms with Crippen LogP contribution in [0.5, 0.6) is 5.75 Å². The first-order chi connectivity index (χ1) is 16.7. The minimum absolute atomic E-state index is 0.0190. The second kappa shape index (κ2) is 12.6. The van der Waals surface area contributed by atoms with Crippen LogP contribution in [0.1, 0.15) is 58.1 Å². The Morgan fingerprint density at radius 1 is 1.06 bits per heavy atom. The second-order valence-electron chi connectivity index (χ2n) is 10.2. The molecule has 0 unspecified atom stereocenters. The third-order valence-electron chi connectivity index (χ3n) is 6.09. The smallest absolute Gasteiger partial charge is 0.410 e. The average molecular weight is 482 g/mol. The monoisotopic (exact) mass is 481 g/mol. The number of likely N-dealkylation sites (tertiary alicyclic amines) is 1. The van der Waals surface area contributed by atoms with E-state index in [4.69, 9.17) is 14.2 Å². The Morgan fingerprint density at radius 3 is 2.51 bits per heavy atom. The average Bonchev–Trinajstić information content (AvgIpc) is 3.31. The number of carbonyl (C=O) groups excluding carboxylic acids is 2. The Balaban J connectivity index is 1.68. The van der Waals surface area contributed by atoms with Gasteiger partial charge < -0.3 is 19.1 Å². The van der Waals surface area contributed by atoms with Gasteiger partial charge in [0.15, 0.2) is 0 Å². The van der Waals surface area contributed by atoms with Crippen LogP contribution in [0.2, 0.25) is 0 Å². The Morgan fingerprint density at radius 2 is 1.80 bits per heavy atom. The number of ether oxygens (including phenoxy) is 3. The van der Waals surface area contributed by atoms with Gasteiger partial charge in [-0.2, -0.15) is 0 Å². The number of rotatable bonds is 10. The van der Waals surface area contributed by atoms with E-state index >= 15 is 0 Å². The SMILES string of the molecule is CCCCOC(=O)[C@@H](Cc1cccc(OCc2ccccc2)c1)[C@H]1CCN(C(=O)OC(C)(C)C)C1. The van der Waals surface area contributed by atoms with Gasteiger partial charge in [0.2, 0.25) is 0 Å². The molecule has 1 heterocycles. The van der Waals surface area contributed by atoms with Crippen molar-refractivity contribution in [3.63, 3.8) is 0 Å². The molecule has 3 rings (SSSR count). The van der Waals surface area contributed by atoms with Gasteiger partial charge in [0.25, 0.3) is 0 Å². The van der Waals surface area contributed by atoms with Crippen LogP contribution in [0.15, 0.2) is 54.6 Å². The molecule has 190 valence electrons. The zero-order valence-corrected chi connectivity index (χ0v) is 21.5. The first-order valence-corrected chi connectivity index (χ1v) is 12.7. The van der Waals surface area contributed by atoms with E-state index in [0.717, 1.165) is 36.1 Å². The summed E-state index contributed by atoms with van der Waals surface area (Å²) in [4.78, 5) is 27.4. The van der Waals surface area contributed by atoms with Gasteiger partial charge in [0.1, 0.15) is 18.0 Å². The number of esters is 1. The molecular formula is C29H39NO5. The summed E-state index contributed by atoms with van der Waals surface area (Å²) in [7, 11) is 0. The zero-order chi connectivity index (χ0) is 25.3. The number of carbonyl (C=O) groups is 2. The highest BCUT2D eigenvalue weighted by atomic mass is 16.6. The van der Waals surface area contributed by atoms with E-state index in [-0.39, 0.29) is 23.9 Å². The van der Waals surface area contributed by atoms with Gasteiger partial charge in [-0.25, -0.2) is 4.79 Å². The van der Waals surface area contributed by atoms with Gasteiger partial charge in [-0.3, -0.25) is 4.79 Å². The maximum atomic E-state index is 13.1. The number of amides is 1. The molecule has 0 spiro atoms. The van der Waals surface area contributed by atoms with Crippen molar-refractivity contribution in [2.45, 2.75) is 65.6 Å². The van der Waals surface area contributed by atoms with E-state index in [2.05, 4.69) is 6.92 Å². The largest absolute Gasteiger partial charge is 0.489 e. The molecule has 0 aliphatic carbocycles. The van der Waals surface area contributed by atoms with Crippen molar-refractivity contribution < 1.29 is 23.8 Å². The molecule has 1 fully saturated rings. The van der Waals surface area contributed by atoms with Crippen molar-refractivity contribution in [3.05, 3.63) is 65.7 Å². The molecule has 2 aromatic carbocycles. The van der Waals surface area contributed by atoms with Crippen LogP contribution in [0.3, 0.4) is 0 Å². The number of hydrogen-bond donors (Lipinski definition) is 0.